The largest absolute Gasteiger partial charge is 0.416 e. The van der Waals surface area contributed by atoms with Crippen LogP contribution in [0.4, 0.5) is 17.6 Å². The number of rotatable bonds is 7. The molecule has 0 radical (unpaired) electrons. The first-order valence-electron chi connectivity index (χ1n) is 11.7. The molecule has 2 saturated carbocycles. The van der Waals surface area contributed by atoms with Gasteiger partial charge in [0, 0.05) is 0 Å². The molecule has 2 aliphatic carbocycles. The molecule has 0 amide bonds. The predicted molar refractivity (Wildman–Crippen MR) is 110 cm³/mol. The normalized spacial score (nSPS) is 28.4. The number of halogens is 4. The van der Waals surface area contributed by atoms with Gasteiger partial charge in [-0.3, -0.25) is 0 Å². The minimum Gasteiger partial charge on any atom is -0.207 e. The van der Waals surface area contributed by atoms with Crippen LogP contribution in [0, 0.1) is 23.6 Å². The Hall–Kier alpha value is -1.06. The number of hydrogen-bond acceptors (Lipinski definition) is 0. The van der Waals surface area contributed by atoms with Gasteiger partial charge in [-0.1, -0.05) is 57.9 Å². The Morgan fingerprint density at radius 2 is 1.45 bits per heavy atom. The van der Waals surface area contributed by atoms with Crippen LogP contribution in [0.1, 0.15) is 107 Å². The molecule has 0 atom stereocenters. The maximum absolute atomic E-state index is 14.3. The third kappa shape index (κ3) is 6.21. The van der Waals surface area contributed by atoms with Crippen molar-refractivity contribution < 1.29 is 17.6 Å². The van der Waals surface area contributed by atoms with Crippen LogP contribution in [0.25, 0.3) is 0 Å². The van der Waals surface area contributed by atoms with E-state index < -0.39 is 17.6 Å². The van der Waals surface area contributed by atoms with Crippen LogP contribution < -0.4 is 0 Å². The van der Waals surface area contributed by atoms with Crippen molar-refractivity contribution in [3.8, 4) is 0 Å². The van der Waals surface area contributed by atoms with Crippen LogP contribution >= 0.6 is 0 Å². The second-order valence-electron chi connectivity index (χ2n) is 9.48. The van der Waals surface area contributed by atoms with Gasteiger partial charge in [0.1, 0.15) is 5.82 Å². The fourth-order valence-corrected chi connectivity index (χ4v) is 5.74. The first kappa shape index (κ1) is 22.6. The SMILES string of the molecule is CCCCCCC1CCC(C2CCC(c3ccc(C(F)(F)F)cc3F)CC2)CC1. The molecule has 4 heteroatoms. The first-order chi connectivity index (χ1) is 13.9. The van der Waals surface area contributed by atoms with Crippen molar-refractivity contribution in [3.63, 3.8) is 0 Å². The average molecular weight is 413 g/mol. The average Bonchev–Trinajstić information content (AvgIpc) is 2.71. The number of benzene rings is 1. The van der Waals surface area contributed by atoms with Gasteiger partial charge in [0.2, 0.25) is 0 Å². The summed E-state index contributed by atoms with van der Waals surface area (Å²) >= 11 is 0. The van der Waals surface area contributed by atoms with E-state index in [2.05, 4.69) is 6.92 Å². The van der Waals surface area contributed by atoms with Crippen LogP contribution in [0.5, 0.6) is 0 Å². The van der Waals surface area contributed by atoms with Gasteiger partial charge in [-0.25, -0.2) is 4.39 Å². The Morgan fingerprint density at radius 3 is 2.00 bits per heavy atom. The highest BCUT2D eigenvalue weighted by Crippen LogP contribution is 2.45. The van der Waals surface area contributed by atoms with Crippen molar-refractivity contribution in [1.82, 2.24) is 0 Å². The van der Waals surface area contributed by atoms with E-state index in [0.29, 0.717) is 11.6 Å². The van der Waals surface area contributed by atoms with Gasteiger partial charge in [0.05, 0.1) is 5.56 Å². The third-order valence-corrected chi connectivity index (χ3v) is 7.56. The summed E-state index contributed by atoms with van der Waals surface area (Å²) in [6.45, 7) is 2.26. The van der Waals surface area contributed by atoms with Gasteiger partial charge in [-0.05, 0) is 79.9 Å². The van der Waals surface area contributed by atoms with E-state index in [-0.39, 0.29) is 5.92 Å². The lowest BCUT2D eigenvalue weighted by Gasteiger charge is -2.38. The Balaban J connectivity index is 1.44. The molecule has 2 fully saturated rings. The summed E-state index contributed by atoms with van der Waals surface area (Å²) in [4.78, 5) is 0. The van der Waals surface area contributed by atoms with Gasteiger partial charge in [-0.15, -0.1) is 0 Å². The highest BCUT2D eigenvalue weighted by Gasteiger charge is 2.34. The zero-order valence-electron chi connectivity index (χ0n) is 17.7. The Morgan fingerprint density at radius 1 is 0.828 bits per heavy atom. The summed E-state index contributed by atoms with van der Waals surface area (Å²) < 4.78 is 52.6. The molecule has 29 heavy (non-hydrogen) atoms. The van der Waals surface area contributed by atoms with E-state index in [1.54, 1.807) is 0 Å². The second-order valence-corrected chi connectivity index (χ2v) is 9.48. The van der Waals surface area contributed by atoms with Crippen LogP contribution in [0.15, 0.2) is 18.2 Å². The third-order valence-electron chi connectivity index (χ3n) is 7.56. The molecule has 164 valence electrons. The van der Waals surface area contributed by atoms with E-state index in [9.17, 15) is 17.6 Å². The maximum Gasteiger partial charge on any atom is 0.416 e. The Kier molecular flexibility index (Phi) is 8.04. The van der Waals surface area contributed by atoms with Crippen molar-refractivity contribution in [1.29, 1.82) is 0 Å². The van der Waals surface area contributed by atoms with Crippen molar-refractivity contribution in [2.45, 2.75) is 102 Å². The molecule has 2 aliphatic rings. The lowest BCUT2D eigenvalue weighted by Crippen LogP contribution is -2.25. The van der Waals surface area contributed by atoms with E-state index in [4.69, 9.17) is 0 Å². The van der Waals surface area contributed by atoms with Crippen LogP contribution in [-0.2, 0) is 6.18 Å². The molecule has 0 nitrogen and oxygen atoms in total. The summed E-state index contributed by atoms with van der Waals surface area (Å²) in [5.41, 5.74) is -0.411. The maximum atomic E-state index is 14.3. The Labute approximate surface area is 173 Å². The molecule has 0 unspecified atom stereocenters. The molecule has 0 saturated heterocycles. The molecule has 0 N–H and O–H groups in total. The molecular formula is C25H36F4. The van der Waals surface area contributed by atoms with Gasteiger partial charge >= 0.3 is 6.18 Å². The summed E-state index contributed by atoms with van der Waals surface area (Å²) in [5.74, 6) is 1.83. The van der Waals surface area contributed by atoms with E-state index in [1.807, 2.05) is 0 Å². The van der Waals surface area contributed by atoms with Crippen molar-refractivity contribution >= 4 is 0 Å². The van der Waals surface area contributed by atoms with Crippen molar-refractivity contribution in [3.05, 3.63) is 35.1 Å². The summed E-state index contributed by atoms with van der Waals surface area (Å²) in [6.07, 6.45) is 11.7. The number of unbranched alkanes of at least 4 members (excludes halogenated alkanes) is 3. The standard InChI is InChI=1S/C25H36F4/c1-2-3-4-5-6-18-7-9-19(10-8-18)20-11-13-21(14-12-20)23-16-15-22(17-24(23)26)25(27,28)29/h15-21H,2-14H2,1H3. The number of alkyl halides is 3. The molecule has 1 aromatic rings. The highest BCUT2D eigenvalue weighted by molar-refractivity contribution is 5.29. The zero-order chi connectivity index (χ0) is 20.9. The quantitative estimate of drug-likeness (QED) is 0.310. The van der Waals surface area contributed by atoms with E-state index >= 15 is 0 Å². The first-order valence-corrected chi connectivity index (χ1v) is 11.7. The molecule has 0 spiro atoms. The lowest BCUT2D eigenvalue weighted by atomic mass is 9.68. The molecule has 0 bridgehead atoms. The molecule has 0 aromatic heterocycles. The van der Waals surface area contributed by atoms with Gasteiger partial charge in [-0.2, -0.15) is 13.2 Å². The van der Waals surface area contributed by atoms with Crippen LogP contribution in [-0.4, -0.2) is 0 Å². The number of hydrogen-bond donors (Lipinski definition) is 0. The van der Waals surface area contributed by atoms with Gasteiger partial charge < -0.3 is 0 Å². The van der Waals surface area contributed by atoms with E-state index in [1.165, 1.54) is 63.9 Å². The van der Waals surface area contributed by atoms with Gasteiger partial charge in [0.15, 0.2) is 0 Å². The lowest BCUT2D eigenvalue weighted by molar-refractivity contribution is -0.137. The molecule has 0 aliphatic heterocycles. The monoisotopic (exact) mass is 412 g/mol. The summed E-state index contributed by atoms with van der Waals surface area (Å²) in [6, 6.07) is 3.07. The summed E-state index contributed by atoms with van der Waals surface area (Å²) in [7, 11) is 0. The van der Waals surface area contributed by atoms with Crippen molar-refractivity contribution in [2.75, 3.05) is 0 Å². The smallest absolute Gasteiger partial charge is 0.207 e. The predicted octanol–water partition coefficient (Wildman–Crippen LogP) is 8.90. The minimum atomic E-state index is -4.48. The molecule has 1 aromatic carbocycles. The van der Waals surface area contributed by atoms with E-state index in [0.717, 1.165) is 49.5 Å². The molecular weight excluding hydrogens is 376 g/mol. The van der Waals surface area contributed by atoms with Gasteiger partial charge in [0.25, 0.3) is 0 Å². The molecule has 3 rings (SSSR count). The fraction of sp³-hybridized carbons (Fsp3) is 0.760. The van der Waals surface area contributed by atoms with Crippen LogP contribution in [0.2, 0.25) is 0 Å². The molecule has 0 heterocycles. The topological polar surface area (TPSA) is 0 Å². The zero-order valence-corrected chi connectivity index (χ0v) is 17.7. The van der Waals surface area contributed by atoms with Crippen LogP contribution in [0.3, 0.4) is 0 Å². The summed E-state index contributed by atoms with van der Waals surface area (Å²) in [5, 5.41) is 0. The Bertz CT molecular complexity index is 620. The van der Waals surface area contributed by atoms with Crippen molar-refractivity contribution in [2.24, 2.45) is 17.8 Å². The fourth-order valence-electron chi connectivity index (χ4n) is 5.74. The second kappa shape index (κ2) is 10.3. The minimum absolute atomic E-state index is 0.0726. The highest BCUT2D eigenvalue weighted by atomic mass is 19.4.